The van der Waals surface area contributed by atoms with Gasteiger partial charge in [0.15, 0.2) is 0 Å². The third-order valence-electron chi connectivity index (χ3n) is 4.12. The fourth-order valence-electron chi connectivity index (χ4n) is 3.06. The molecule has 1 fully saturated rings. The van der Waals surface area contributed by atoms with Gasteiger partial charge in [-0.15, -0.1) is 0 Å². The molecule has 0 aromatic carbocycles. The maximum atomic E-state index is 5.99. The van der Waals surface area contributed by atoms with E-state index >= 15 is 0 Å². The molecule has 1 unspecified atom stereocenters. The standard InChI is InChI=1S/C15H32N2/c1-4-7-15(12-16)17(11-10-13(2)3)14-8-5-6-9-14/h13-15H,4-12,16H2,1-3H3. The topological polar surface area (TPSA) is 29.3 Å². The van der Waals surface area contributed by atoms with Crippen LogP contribution in [0.5, 0.6) is 0 Å². The number of nitrogens with zero attached hydrogens (tertiary/aromatic N) is 1. The summed E-state index contributed by atoms with van der Waals surface area (Å²) < 4.78 is 0. The second-order valence-corrected chi connectivity index (χ2v) is 6.04. The lowest BCUT2D eigenvalue weighted by molar-refractivity contribution is 0.124. The highest BCUT2D eigenvalue weighted by Crippen LogP contribution is 2.26. The van der Waals surface area contributed by atoms with Crippen LogP contribution < -0.4 is 5.73 Å². The van der Waals surface area contributed by atoms with E-state index in [1.807, 2.05) is 0 Å². The van der Waals surface area contributed by atoms with Crippen molar-refractivity contribution in [2.45, 2.75) is 77.8 Å². The van der Waals surface area contributed by atoms with Crippen LogP contribution in [-0.4, -0.2) is 30.1 Å². The van der Waals surface area contributed by atoms with Crippen molar-refractivity contribution in [1.82, 2.24) is 4.90 Å². The SMILES string of the molecule is CCCC(CN)N(CCC(C)C)C1CCCC1. The predicted octanol–water partition coefficient (Wildman–Crippen LogP) is 3.40. The van der Waals surface area contributed by atoms with Gasteiger partial charge in [0.1, 0.15) is 0 Å². The van der Waals surface area contributed by atoms with E-state index < -0.39 is 0 Å². The van der Waals surface area contributed by atoms with Crippen LogP contribution in [0.4, 0.5) is 0 Å². The highest BCUT2D eigenvalue weighted by Gasteiger charge is 2.27. The van der Waals surface area contributed by atoms with E-state index in [2.05, 4.69) is 25.7 Å². The second kappa shape index (κ2) is 8.10. The van der Waals surface area contributed by atoms with Crippen molar-refractivity contribution in [2.24, 2.45) is 11.7 Å². The van der Waals surface area contributed by atoms with Gasteiger partial charge in [-0.1, -0.05) is 40.0 Å². The van der Waals surface area contributed by atoms with Crippen LogP contribution in [-0.2, 0) is 0 Å². The molecule has 2 N–H and O–H groups in total. The first kappa shape index (κ1) is 15.0. The van der Waals surface area contributed by atoms with Crippen molar-refractivity contribution in [3.05, 3.63) is 0 Å². The van der Waals surface area contributed by atoms with Crippen LogP contribution in [0, 0.1) is 5.92 Å². The quantitative estimate of drug-likeness (QED) is 0.704. The van der Waals surface area contributed by atoms with Gasteiger partial charge < -0.3 is 5.73 Å². The monoisotopic (exact) mass is 240 g/mol. The smallest absolute Gasteiger partial charge is 0.0221 e. The molecule has 2 heteroatoms. The fraction of sp³-hybridized carbons (Fsp3) is 1.00. The van der Waals surface area contributed by atoms with Crippen molar-refractivity contribution in [3.63, 3.8) is 0 Å². The molecule has 0 bridgehead atoms. The molecule has 2 nitrogen and oxygen atoms in total. The molecular formula is C15H32N2. The summed E-state index contributed by atoms with van der Waals surface area (Å²) in [6.45, 7) is 9.01. The molecule has 0 spiro atoms. The maximum absolute atomic E-state index is 5.99. The van der Waals surface area contributed by atoms with Gasteiger partial charge in [-0.3, -0.25) is 4.90 Å². The molecule has 0 amide bonds. The Morgan fingerprint density at radius 1 is 1.18 bits per heavy atom. The molecule has 0 aromatic heterocycles. The second-order valence-electron chi connectivity index (χ2n) is 6.04. The van der Waals surface area contributed by atoms with Gasteiger partial charge in [-0.2, -0.15) is 0 Å². The fourth-order valence-corrected chi connectivity index (χ4v) is 3.06. The molecule has 0 aliphatic heterocycles. The van der Waals surface area contributed by atoms with Gasteiger partial charge in [0.05, 0.1) is 0 Å². The van der Waals surface area contributed by atoms with E-state index in [1.54, 1.807) is 0 Å². The zero-order valence-corrected chi connectivity index (χ0v) is 12.1. The van der Waals surface area contributed by atoms with Crippen molar-refractivity contribution < 1.29 is 0 Å². The number of hydrogen-bond acceptors (Lipinski definition) is 2. The lowest BCUT2D eigenvalue weighted by atomic mass is 10.0. The van der Waals surface area contributed by atoms with Crippen molar-refractivity contribution in [1.29, 1.82) is 0 Å². The van der Waals surface area contributed by atoms with E-state index in [-0.39, 0.29) is 0 Å². The van der Waals surface area contributed by atoms with Crippen LogP contribution in [0.2, 0.25) is 0 Å². The largest absolute Gasteiger partial charge is 0.329 e. The minimum Gasteiger partial charge on any atom is -0.329 e. The number of nitrogens with two attached hydrogens (primary N) is 1. The van der Waals surface area contributed by atoms with E-state index in [1.165, 1.54) is 51.5 Å². The molecule has 0 aromatic rings. The predicted molar refractivity (Wildman–Crippen MR) is 76.2 cm³/mol. The zero-order valence-electron chi connectivity index (χ0n) is 12.1. The number of hydrogen-bond donors (Lipinski definition) is 1. The molecule has 0 heterocycles. The van der Waals surface area contributed by atoms with Crippen LogP contribution in [0.25, 0.3) is 0 Å². The molecule has 0 saturated heterocycles. The molecule has 1 aliphatic carbocycles. The first-order chi connectivity index (χ1) is 8.19. The molecule has 102 valence electrons. The Morgan fingerprint density at radius 3 is 2.29 bits per heavy atom. The minimum atomic E-state index is 0.627. The molecule has 1 atom stereocenters. The van der Waals surface area contributed by atoms with Gasteiger partial charge >= 0.3 is 0 Å². The van der Waals surface area contributed by atoms with Gasteiger partial charge in [0.25, 0.3) is 0 Å². The van der Waals surface area contributed by atoms with Crippen molar-refractivity contribution in [2.75, 3.05) is 13.1 Å². The molecule has 1 aliphatic rings. The normalized spacial score (nSPS) is 19.4. The summed E-state index contributed by atoms with van der Waals surface area (Å²) in [7, 11) is 0. The summed E-state index contributed by atoms with van der Waals surface area (Å²) in [5.74, 6) is 0.805. The summed E-state index contributed by atoms with van der Waals surface area (Å²) in [5.41, 5.74) is 5.99. The van der Waals surface area contributed by atoms with Crippen molar-refractivity contribution >= 4 is 0 Å². The van der Waals surface area contributed by atoms with Gasteiger partial charge in [-0.25, -0.2) is 0 Å². The van der Waals surface area contributed by atoms with E-state index in [0.717, 1.165) is 18.5 Å². The summed E-state index contributed by atoms with van der Waals surface area (Å²) in [4.78, 5) is 2.75. The number of rotatable bonds is 8. The van der Waals surface area contributed by atoms with Crippen LogP contribution >= 0.6 is 0 Å². The summed E-state index contributed by atoms with van der Waals surface area (Å²) in [5, 5.41) is 0. The average molecular weight is 240 g/mol. The van der Waals surface area contributed by atoms with Crippen LogP contribution in [0.1, 0.15) is 65.7 Å². The lowest BCUT2D eigenvalue weighted by Crippen LogP contribution is -2.46. The summed E-state index contributed by atoms with van der Waals surface area (Å²) in [6, 6.07) is 1.45. The lowest BCUT2D eigenvalue weighted by Gasteiger charge is -2.36. The Labute approximate surface area is 108 Å². The molecule has 1 saturated carbocycles. The first-order valence-electron chi connectivity index (χ1n) is 7.64. The third-order valence-corrected chi connectivity index (χ3v) is 4.12. The average Bonchev–Trinajstić information content (AvgIpc) is 2.81. The summed E-state index contributed by atoms with van der Waals surface area (Å²) >= 11 is 0. The van der Waals surface area contributed by atoms with E-state index in [9.17, 15) is 0 Å². The van der Waals surface area contributed by atoms with Crippen LogP contribution in [0.15, 0.2) is 0 Å². The molecular weight excluding hydrogens is 208 g/mol. The van der Waals surface area contributed by atoms with E-state index in [0.29, 0.717) is 6.04 Å². The minimum absolute atomic E-state index is 0.627. The van der Waals surface area contributed by atoms with Gasteiger partial charge in [-0.05, 0) is 38.1 Å². The third kappa shape index (κ3) is 4.97. The van der Waals surface area contributed by atoms with Gasteiger partial charge in [0.2, 0.25) is 0 Å². The molecule has 17 heavy (non-hydrogen) atoms. The summed E-state index contributed by atoms with van der Waals surface area (Å²) in [6.07, 6.45) is 9.49. The van der Waals surface area contributed by atoms with E-state index in [4.69, 9.17) is 5.73 Å². The van der Waals surface area contributed by atoms with Gasteiger partial charge in [0, 0.05) is 18.6 Å². The Hall–Kier alpha value is -0.0800. The molecule has 0 radical (unpaired) electrons. The maximum Gasteiger partial charge on any atom is 0.0221 e. The van der Waals surface area contributed by atoms with Crippen molar-refractivity contribution in [3.8, 4) is 0 Å². The Kier molecular flexibility index (Phi) is 7.14. The molecule has 1 rings (SSSR count). The van der Waals surface area contributed by atoms with Crippen LogP contribution in [0.3, 0.4) is 0 Å². The zero-order chi connectivity index (χ0) is 12.7. The highest BCUT2D eigenvalue weighted by atomic mass is 15.2. The first-order valence-corrected chi connectivity index (χ1v) is 7.64. The Balaban J connectivity index is 2.55. The Morgan fingerprint density at radius 2 is 1.82 bits per heavy atom. The highest BCUT2D eigenvalue weighted by molar-refractivity contribution is 4.83. The Bertz CT molecular complexity index is 185.